The van der Waals surface area contributed by atoms with Gasteiger partial charge in [-0.1, -0.05) is 50.7 Å². The number of hydrogen-bond donors (Lipinski definition) is 0. The molecule has 2 aliphatic rings. The monoisotopic (exact) mass is 413 g/mol. The van der Waals surface area contributed by atoms with Gasteiger partial charge in [0.25, 0.3) is 0 Å². The van der Waals surface area contributed by atoms with Crippen LogP contribution in [0.5, 0.6) is 0 Å². The average molecular weight is 414 g/mol. The molecule has 3 rings (SSSR count). The van der Waals surface area contributed by atoms with E-state index in [2.05, 4.69) is 6.07 Å². The van der Waals surface area contributed by atoms with E-state index < -0.39 is 11.6 Å². The molecule has 1 aromatic carbocycles. The van der Waals surface area contributed by atoms with Crippen LogP contribution in [-0.2, 0) is 6.42 Å². The Hall–Kier alpha value is -1.69. The van der Waals surface area contributed by atoms with Gasteiger partial charge in [-0.25, -0.2) is 8.78 Å². The smallest absolute Gasteiger partial charge is 0.159 e. The minimum atomic E-state index is -0.753. The van der Waals surface area contributed by atoms with Crippen LogP contribution >= 0.6 is 0 Å². The Balaban J connectivity index is 1.27. The second-order valence-corrected chi connectivity index (χ2v) is 9.66. The van der Waals surface area contributed by atoms with Crippen LogP contribution in [0.4, 0.5) is 8.78 Å². The second-order valence-electron chi connectivity index (χ2n) is 9.66. The summed E-state index contributed by atoms with van der Waals surface area (Å²) in [6, 6.07) is 6.38. The van der Waals surface area contributed by atoms with E-state index >= 15 is 0 Å². The fourth-order valence-electron chi connectivity index (χ4n) is 5.82. The molecule has 2 aliphatic carbocycles. The van der Waals surface area contributed by atoms with Gasteiger partial charge in [0, 0.05) is 6.08 Å². The molecule has 0 bridgehead atoms. The van der Waals surface area contributed by atoms with Crippen LogP contribution in [0.1, 0.15) is 89.0 Å². The molecule has 0 spiro atoms. The fourth-order valence-corrected chi connectivity index (χ4v) is 5.82. The van der Waals surface area contributed by atoms with Crippen molar-refractivity contribution in [3.8, 4) is 6.07 Å². The SMILES string of the molecule is N#C/C=C/CCC1CCC([C@H]2CC[C@H](CCCCc3ccc(F)c(F)c3)CC2)CC1. The minimum Gasteiger partial charge on any atom is -0.204 e. The largest absolute Gasteiger partial charge is 0.204 e. The highest BCUT2D eigenvalue weighted by Gasteiger charge is 2.30. The number of nitrogens with zero attached hydrogens (tertiary/aromatic N) is 1. The summed E-state index contributed by atoms with van der Waals surface area (Å²) < 4.78 is 26.3. The molecule has 0 unspecified atom stereocenters. The first-order valence-electron chi connectivity index (χ1n) is 12.1. The van der Waals surface area contributed by atoms with Crippen LogP contribution in [-0.4, -0.2) is 0 Å². The van der Waals surface area contributed by atoms with Gasteiger partial charge in [-0.15, -0.1) is 0 Å². The molecule has 1 aromatic rings. The van der Waals surface area contributed by atoms with Crippen molar-refractivity contribution >= 4 is 0 Å². The number of halogens is 2. The van der Waals surface area contributed by atoms with E-state index in [1.807, 2.05) is 6.08 Å². The van der Waals surface area contributed by atoms with Gasteiger partial charge in [0.1, 0.15) is 0 Å². The Morgan fingerprint density at radius 2 is 1.47 bits per heavy atom. The molecule has 2 fully saturated rings. The van der Waals surface area contributed by atoms with Crippen molar-refractivity contribution in [1.82, 2.24) is 0 Å². The molecule has 164 valence electrons. The zero-order valence-corrected chi connectivity index (χ0v) is 18.3. The zero-order chi connectivity index (χ0) is 21.2. The molecular formula is C27H37F2N. The predicted molar refractivity (Wildman–Crippen MR) is 119 cm³/mol. The summed E-state index contributed by atoms with van der Waals surface area (Å²) in [5.74, 6) is 2.16. The molecule has 0 aliphatic heterocycles. The third kappa shape index (κ3) is 7.22. The van der Waals surface area contributed by atoms with Crippen LogP contribution in [0.25, 0.3) is 0 Å². The molecule has 0 radical (unpaired) electrons. The molecule has 0 aromatic heterocycles. The highest BCUT2D eigenvalue weighted by Crippen LogP contribution is 2.43. The molecular weight excluding hydrogens is 376 g/mol. The van der Waals surface area contributed by atoms with Gasteiger partial charge < -0.3 is 0 Å². The maximum Gasteiger partial charge on any atom is 0.159 e. The van der Waals surface area contributed by atoms with Crippen molar-refractivity contribution in [2.45, 2.75) is 89.9 Å². The van der Waals surface area contributed by atoms with Crippen LogP contribution in [0.2, 0.25) is 0 Å². The number of rotatable bonds is 9. The lowest BCUT2D eigenvalue weighted by molar-refractivity contribution is 0.140. The van der Waals surface area contributed by atoms with Gasteiger partial charge in [0.15, 0.2) is 11.6 Å². The summed E-state index contributed by atoms with van der Waals surface area (Å²) in [6.07, 6.45) is 21.5. The maximum absolute atomic E-state index is 13.3. The van der Waals surface area contributed by atoms with Crippen LogP contribution in [0.3, 0.4) is 0 Å². The first-order chi connectivity index (χ1) is 14.7. The summed E-state index contributed by atoms with van der Waals surface area (Å²) in [5, 5.41) is 8.57. The van der Waals surface area contributed by atoms with Crippen molar-refractivity contribution in [1.29, 1.82) is 5.26 Å². The normalized spacial score (nSPS) is 27.2. The van der Waals surface area contributed by atoms with Crippen molar-refractivity contribution in [3.05, 3.63) is 47.5 Å². The number of hydrogen-bond acceptors (Lipinski definition) is 1. The van der Waals surface area contributed by atoms with Crippen LogP contribution in [0, 0.1) is 46.6 Å². The van der Waals surface area contributed by atoms with Gasteiger partial charge in [0.2, 0.25) is 0 Å². The van der Waals surface area contributed by atoms with E-state index in [4.69, 9.17) is 5.26 Å². The van der Waals surface area contributed by atoms with Crippen molar-refractivity contribution in [2.24, 2.45) is 23.7 Å². The van der Waals surface area contributed by atoms with E-state index in [-0.39, 0.29) is 0 Å². The topological polar surface area (TPSA) is 23.8 Å². The Labute approximate surface area is 181 Å². The van der Waals surface area contributed by atoms with E-state index in [1.165, 1.54) is 82.8 Å². The third-order valence-electron chi connectivity index (χ3n) is 7.70. The summed E-state index contributed by atoms with van der Waals surface area (Å²) in [5.41, 5.74) is 0.911. The Bertz CT molecular complexity index is 704. The molecule has 1 nitrogen and oxygen atoms in total. The molecule has 2 saturated carbocycles. The highest BCUT2D eigenvalue weighted by atomic mass is 19.2. The summed E-state index contributed by atoms with van der Waals surface area (Å²) in [4.78, 5) is 0. The molecule has 3 heteroatoms. The number of unbranched alkanes of at least 4 members (excludes halogenated alkanes) is 1. The summed E-state index contributed by atoms with van der Waals surface area (Å²) >= 11 is 0. The first kappa shape index (κ1) is 23.0. The first-order valence-corrected chi connectivity index (χ1v) is 12.1. The maximum atomic E-state index is 13.3. The third-order valence-corrected chi connectivity index (χ3v) is 7.70. The van der Waals surface area contributed by atoms with E-state index in [0.29, 0.717) is 0 Å². The average Bonchev–Trinajstić information content (AvgIpc) is 2.78. The Morgan fingerprint density at radius 3 is 2.07 bits per heavy atom. The van der Waals surface area contributed by atoms with Gasteiger partial charge >= 0.3 is 0 Å². The fraction of sp³-hybridized carbons (Fsp3) is 0.667. The van der Waals surface area contributed by atoms with Gasteiger partial charge in [-0.05, 0) is 92.7 Å². The zero-order valence-electron chi connectivity index (χ0n) is 18.3. The highest BCUT2D eigenvalue weighted by molar-refractivity contribution is 5.17. The Kier molecular flexibility index (Phi) is 9.37. The lowest BCUT2D eigenvalue weighted by atomic mass is 9.68. The van der Waals surface area contributed by atoms with Gasteiger partial charge in [-0.2, -0.15) is 5.26 Å². The van der Waals surface area contributed by atoms with Gasteiger partial charge in [0.05, 0.1) is 6.07 Å². The van der Waals surface area contributed by atoms with E-state index in [1.54, 1.807) is 12.1 Å². The van der Waals surface area contributed by atoms with E-state index in [0.717, 1.165) is 48.5 Å². The Morgan fingerprint density at radius 1 is 0.833 bits per heavy atom. The minimum absolute atomic E-state index is 0.726. The number of nitriles is 1. The van der Waals surface area contributed by atoms with Crippen LogP contribution in [0.15, 0.2) is 30.4 Å². The molecule has 0 heterocycles. The molecule has 0 N–H and O–H groups in total. The van der Waals surface area contributed by atoms with Crippen LogP contribution < -0.4 is 0 Å². The lowest BCUT2D eigenvalue weighted by Gasteiger charge is -2.38. The molecule has 0 amide bonds. The molecule has 0 saturated heterocycles. The second kappa shape index (κ2) is 12.2. The summed E-state index contributed by atoms with van der Waals surface area (Å²) in [7, 11) is 0. The number of allylic oxidation sites excluding steroid dienone is 2. The number of aryl methyl sites for hydroxylation is 1. The molecule has 30 heavy (non-hydrogen) atoms. The number of benzene rings is 1. The summed E-state index contributed by atoms with van der Waals surface area (Å²) in [6.45, 7) is 0. The predicted octanol–water partition coefficient (Wildman–Crippen LogP) is 8.15. The van der Waals surface area contributed by atoms with Crippen molar-refractivity contribution in [3.63, 3.8) is 0 Å². The van der Waals surface area contributed by atoms with E-state index in [9.17, 15) is 8.78 Å². The van der Waals surface area contributed by atoms with Crippen molar-refractivity contribution < 1.29 is 8.78 Å². The quantitative estimate of drug-likeness (QED) is 0.296. The molecule has 0 atom stereocenters. The van der Waals surface area contributed by atoms with Crippen molar-refractivity contribution in [2.75, 3.05) is 0 Å². The lowest BCUT2D eigenvalue weighted by Crippen LogP contribution is -2.25. The van der Waals surface area contributed by atoms with Gasteiger partial charge in [-0.3, -0.25) is 0 Å². The standard InChI is InChI=1S/C27H37F2N/c28-26-18-13-23(20-27(26)29)8-4-3-7-22-11-16-25(17-12-22)24-14-9-21(10-15-24)6-2-1-5-19-30/h1,5,13,18,20-22,24-25H,2-4,6-12,14-17H2/b5-1+/t21?,22-,24?,25-.